The molecule has 1 rings (SSSR count). The molecule has 0 aliphatic rings. The highest BCUT2D eigenvalue weighted by Crippen LogP contribution is 2.34. The maximum atomic E-state index is 12.5. The molecule has 1 nitrogen and oxygen atoms in total. The van der Waals surface area contributed by atoms with E-state index in [0.717, 1.165) is 18.6 Å². The Bertz CT molecular complexity index is 368. The number of hydrogen-bond donors (Lipinski definition) is 1. The van der Waals surface area contributed by atoms with Crippen LogP contribution in [-0.2, 0) is 6.18 Å². The molecule has 1 atom stereocenters. The first kappa shape index (κ1) is 16.7. The molecular formula is C11H14BrClF3N. The predicted octanol–water partition coefficient (Wildman–Crippen LogP) is 4.69. The van der Waals surface area contributed by atoms with Crippen molar-refractivity contribution in [1.82, 2.24) is 0 Å². The number of nitrogens with two attached hydrogens (primary N) is 1. The van der Waals surface area contributed by atoms with Crippen molar-refractivity contribution in [2.24, 2.45) is 5.73 Å². The molecule has 0 amide bonds. The molecule has 0 fully saturated rings. The minimum absolute atomic E-state index is 0. The Morgan fingerprint density at radius 2 is 1.94 bits per heavy atom. The van der Waals surface area contributed by atoms with E-state index in [1.165, 1.54) is 6.07 Å². The van der Waals surface area contributed by atoms with Crippen LogP contribution in [0.4, 0.5) is 13.2 Å². The van der Waals surface area contributed by atoms with Gasteiger partial charge in [0.1, 0.15) is 0 Å². The lowest BCUT2D eigenvalue weighted by Gasteiger charge is -2.15. The summed E-state index contributed by atoms with van der Waals surface area (Å²) in [5, 5.41) is 0. The van der Waals surface area contributed by atoms with Gasteiger partial charge in [-0.25, -0.2) is 0 Å². The smallest absolute Gasteiger partial charge is 0.324 e. The molecule has 6 heteroatoms. The Balaban J connectivity index is 0.00000256. The maximum Gasteiger partial charge on any atom is 0.416 e. The maximum absolute atomic E-state index is 12.5. The van der Waals surface area contributed by atoms with Gasteiger partial charge in [-0.2, -0.15) is 13.2 Å². The number of benzene rings is 1. The Hall–Kier alpha value is -0.260. The fourth-order valence-corrected chi connectivity index (χ4v) is 2.01. The molecule has 0 heterocycles. The number of alkyl halides is 3. The third kappa shape index (κ3) is 4.48. The van der Waals surface area contributed by atoms with Gasteiger partial charge in [0.05, 0.1) is 5.56 Å². The van der Waals surface area contributed by atoms with Crippen molar-refractivity contribution in [3.63, 3.8) is 0 Å². The fourth-order valence-electron chi connectivity index (χ4n) is 1.47. The highest BCUT2D eigenvalue weighted by molar-refractivity contribution is 9.10. The van der Waals surface area contributed by atoms with E-state index in [1.54, 1.807) is 0 Å². The second-order valence-corrected chi connectivity index (χ2v) is 4.48. The van der Waals surface area contributed by atoms with Crippen molar-refractivity contribution in [2.75, 3.05) is 0 Å². The van der Waals surface area contributed by atoms with Crippen molar-refractivity contribution in [3.8, 4) is 0 Å². The first-order chi connectivity index (χ1) is 7.36. The molecule has 0 radical (unpaired) electrons. The summed E-state index contributed by atoms with van der Waals surface area (Å²) >= 11 is 3.22. The van der Waals surface area contributed by atoms with Gasteiger partial charge >= 0.3 is 6.18 Å². The third-order valence-corrected chi connectivity index (χ3v) is 3.04. The SMILES string of the molecule is CCC[C@H](N)c1cc(C(F)(F)F)ccc1Br.Cl. The molecule has 1 aromatic rings. The van der Waals surface area contributed by atoms with Gasteiger partial charge in [0.25, 0.3) is 0 Å². The van der Waals surface area contributed by atoms with E-state index in [0.29, 0.717) is 16.5 Å². The fraction of sp³-hybridized carbons (Fsp3) is 0.455. The van der Waals surface area contributed by atoms with E-state index >= 15 is 0 Å². The highest BCUT2D eigenvalue weighted by atomic mass is 79.9. The first-order valence-electron chi connectivity index (χ1n) is 4.98. The van der Waals surface area contributed by atoms with E-state index in [1.807, 2.05) is 6.92 Å². The van der Waals surface area contributed by atoms with Crippen LogP contribution in [0.1, 0.15) is 36.9 Å². The lowest BCUT2D eigenvalue weighted by atomic mass is 10.0. The van der Waals surface area contributed by atoms with Gasteiger partial charge in [0.2, 0.25) is 0 Å². The second-order valence-electron chi connectivity index (χ2n) is 3.63. The van der Waals surface area contributed by atoms with Gasteiger partial charge in [-0.15, -0.1) is 12.4 Å². The summed E-state index contributed by atoms with van der Waals surface area (Å²) in [5.74, 6) is 0. The van der Waals surface area contributed by atoms with Gasteiger partial charge in [-0.1, -0.05) is 29.3 Å². The number of rotatable bonds is 3. The molecule has 1 aromatic carbocycles. The van der Waals surface area contributed by atoms with Crippen molar-refractivity contribution in [2.45, 2.75) is 32.0 Å². The van der Waals surface area contributed by atoms with Crippen LogP contribution in [0.3, 0.4) is 0 Å². The van der Waals surface area contributed by atoms with E-state index in [-0.39, 0.29) is 18.4 Å². The van der Waals surface area contributed by atoms with Crippen LogP contribution in [0, 0.1) is 0 Å². The zero-order chi connectivity index (χ0) is 12.3. The Kier molecular flexibility index (Phi) is 6.51. The Morgan fingerprint density at radius 3 is 2.41 bits per heavy atom. The average molecular weight is 333 g/mol. The summed E-state index contributed by atoms with van der Waals surface area (Å²) in [6, 6.07) is 3.20. The van der Waals surface area contributed by atoms with E-state index < -0.39 is 11.7 Å². The molecule has 0 aliphatic carbocycles. The van der Waals surface area contributed by atoms with Gasteiger partial charge in [-0.05, 0) is 30.2 Å². The Labute approximate surface area is 113 Å². The third-order valence-electron chi connectivity index (χ3n) is 2.32. The standard InChI is InChI=1S/C11H13BrF3N.ClH/c1-2-3-10(16)8-6-7(11(13,14)15)4-5-9(8)12;/h4-6,10H,2-3,16H2,1H3;1H/t10-;/m0./s1. The van der Waals surface area contributed by atoms with Gasteiger partial charge in [0.15, 0.2) is 0 Å². The zero-order valence-corrected chi connectivity index (χ0v) is 11.6. The molecule has 0 aromatic heterocycles. The predicted molar refractivity (Wildman–Crippen MR) is 68.2 cm³/mol. The van der Waals surface area contributed by atoms with Crippen molar-refractivity contribution >= 4 is 28.3 Å². The Morgan fingerprint density at radius 1 is 1.35 bits per heavy atom. The van der Waals surface area contributed by atoms with Crippen molar-refractivity contribution in [1.29, 1.82) is 0 Å². The summed E-state index contributed by atoms with van der Waals surface area (Å²) in [5.41, 5.74) is 5.68. The van der Waals surface area contributed by atoms with Crippen molar-refractivity contribution < 1.29 is 13.2 Å². The van der Waals surface area contributed by atoms with Gasteiger partial charge in [-0.3, -0.25) is 0 Å². The van der Waals surface area contributed by atoms with Crippen LogP contribution in [0.25, 0.3) is 0 Å². The molecule has 98 valence electrons. The van der Waals surface area contributed by atoms with Crippen LogP contribution < -0.4 is 5.73 Å². The summed E-state index contributed by atoms with van der Waals surface area (Å²) in [6.45, 7) is 1.95. The lowest BCUT2D eigenvalue weighted by molar-refractivity contribution is -0.137. The van der Waals surface area contributed by atoms with Gasteiger partial charge in [0, 0.05) is 10.5 Å². The second kappa shape index (κ2) is 6.61. The van der Waals surface area contributed by atoms with E-state index in [2.05, 4.69) is 15.9 Å². The molecule has 0 unspecified atom stereocenters. The van der Waals surface area contributed by atoms with Crippen LogP contribution in [0.5, 0.6) is 0 Å². The van der Waals surface area contributed by atoms with Crippen molar-refractivity contribution in [3.05, 3.63) is 33.8 Å². The molecule has 0 spiro atoms. The first-order valence-corrected chi connectivity index (χ1v) is 5.77. The van der Waals surface area contributed by atoms with Crippen LogP contribution in [0.15, 0.2) is 22.7 Å². The summed E-state index contributed by atoms with van der Waals surface area (Å²) in [6.07, 6.45) is -2.81. The molecule has 2 N–H and O–H groups in total. The minimum atomic E-state index is -4.32. The largest absolute Gasteiger partial charge is 0.416 e. The van der Waals surface area contributed by atoms with Crippen LogP contribution in [-0.4, -0.2) is 0 Å². The summed E-state index contributed by atoms with van der Waals surface area (Å²) in [7, 11) is 0. The number of hydrogen-bond acceptors (Lipinski definition) is 1. The monoisotopic (exact) mass is 331 g/mol. The number of halogens is 5. The molecule has 0 saturated carbocycles. The molecular weight excluding hydrogens is 318 g/mol. The molecule has 0 saturated heterocycles. The minimum Gasteiger partial charge on any atom is -0.324 e. The van der Waals surface area contributed by atoms with Crippen LogP contribution in [0.2, 0.25) is 0 Å². The summed E-state index contributed by atoms with van der Waals surface area (Å²) < 4.78 is 38.1. The molecule has 17 heavy (non-hydrogen) atoms. The molecule has 0 aliphatic heterocycles. The topological polar surface area (TPSA) is 26.0 Å². The van der Waals surface area contributed by atoms with Gasteiger partial charge < -0.3 is 5.73 Å². The van der Waals surface area contributed by atoms with E-state index in [4.69, 9.17) is 5.73 Å². The quantitative estimate of drug-likeness (QED) is 0.854. The highest BCUT2D eigenvalue weighted by Gasteiger charge is 2.31. The summed E-state index contributed by atoms with van der Waals surface area (Å²) in [4.78, 5) is 0. The molecule has 0 bridgehead atoms. The lowest BCUT2D eigenvalue weighted by Crippen LogP contribution is -2.13. The van der Waals surface area contributed by atoms with E-state index in [9.17, 15) is 13.2 Å². The van der Waals surface area contributed by atoms with Crippen LogP contribution >= 0.6 is 28.3 Å². The normalized spacial score (nSPS) is 13.1. The average Bonchev–Trinajstić information content (AvgIpc) is 2.16. The zero-order valence-electron chi connectivity index (χ0n) is 9.22.